The predicted octanol–water partition coefficient (Wildman–Crippen LogP) is 7.06. The number of aryl methyl sites for hydroxylation is 2. The van der Waals surface area contributed by atoms with Crippen molar-refractivity contribution in [1.82, 2.24) is 4.98 Å². The van der Waals surface area contributed by atoms with Crippen molar-refractivity contribution < 1.29 is 0 Å². The van der Waals surface area contributed by atoms with Crippen LogP contribution in [0.2, 0.25) is 0 Å². The molecular weight excluding hydrogens is 298 g/mol. The molecule has 0 aliphatic heterocycles. The van der Waals surface area contributed by atoms with Gasteiger partial charge in [0.05, 0.1) is 0 Å². The highest BCUT2D eigenvalue weighted by Gasteiger charge is 2.04. The molecule has 0 aliphatic carbocycles. The van der Waals surface area contributed by atoms with Crippen molar-refractivity contribution in [3.63, 3.8) is 0 Å². The van der Waals surface area contributed by atoms with Crippen molar-refractivity contribution in [2.45, 2.75) is 78.1 Å². The van der Waals surface area contributed by atoms with Crippen LogP contribution < -0.4 is 0 Å². The van der Waals surface area contributed by atoms with E-state index in [1.807, 2.05) is 11.3 Å². The van der Waals surface area contributed by atoms with Crippen LogP contribution in [0.1, 0.15) is 75.8 Å². The minimum absolute atomic E-state index is 1.12. The summed E-state index contributed by atoms with van der Waals surface area (Å²) in [5, 5.41) is 0. The molecule has 2 rings (SSSR count). The van der Waals surface area contributed by atoms with Crippen molar-refractivity contribution >= 4 is 11.3 Å². The van der Waals surface area contributed by atoms with E-state index >= 15 is 0 Å². The molecule has 0 bridgehead atoms. The van der Waals surface area contributed by atoms with Gasteiger partial charge in [-0.15, -0.1) is 11.3 Å². The minimum Gasteiger partial charge on any atom is -0.261 e. The molecule has 2 heteroatoms. The van der Waals surface area contributed by atoms with Crippen LogP contribution in [0, 0.1) is 0 Å². The van der Waals surface area contributed by atoms with E-state index in [4.69, 9.17) is 0 Å². The van der Waals surface area contributed by atoms with Crippen LogP contribution in [0.4, 0.5) is 0 Å². The topological polar surface area (TPSA) is 12.9 Å². The summed E-state index contributed by atoms with van der Waals surface area (Å²) in [7, 11) is 0. The molecule has 0 spiro atoms. The first-order valence-electron chi connectivity index (χ1n) is 9.37. The number of aromatic nitrogens is 1. The average molecular weight is 330 g/mol. The van der Waals surface area contributed by atoms with Crippen molar-refractivity contribution in [3.8, 4) is 10.4 Å². The molecule has 1 nitrogen and oxygen atoms in total. The van der Waals surface area contributed by atoms with E-state index in [-0.39, 0.29) is 0 Å². The van der Waals surface area contributed by atoms with Crippen molar-refractivity contribution in [2.24, 2.45) is 0 Å². The Balaban J connectivity index is 1.82. The molecular formula is C21H31NS. The molecule has 0 saturated heterocycles. The second kappa shape index (κ2) is 10.6. The van der Waals surface area contributed by atoms with Gasteiger partial charge >= 0.3 is 0 Å². The first kappa shape index (κ1) is 18.2. The van der Waals surface area contributed by atoms with E-state index in [0.29, 0.717) is 0 Å². The molecule has 2 aromatic heterocycles. The quantitative estimate of drug-likeness (QED) is 0.402. The molecule has 126 valence electrons. The highest BCUT2D eigenvalue weighted by molar-refractivity contribution is 7.15. The van der Waals surface area contributed by atoms with Crippen LogP contribution in [-0.4, -0.2) is 4.98 Å². The Hall–Kier alpha value is -1.15. The summed E-state index contributed by atoms with van der Waals surface area (Å²) in [5.41, 5.74) is 2.51. The van der Waals surface area contributed by atoms with E-state index in [0.717, 1.165) is 6.42 Å². The van der Waals surface area contributed by atoms with E-state index in [1.165, 1.54) is 78.8 Å². The first-order chi connectivity index (χ1) is 11.3. The van der Waals surface area contributed by atoms with Gasteiger partial charge in [-0.25, -0.2) is 0 Å². The zero-order valence-electron chi connectivity index (χ0n) is 14.8. The summed E-state index contributed by atoms with van der Waals surface area (Å²) >= 11 is 1.93. The number of unbranched alkanes of at least 4 members (excludes halogenated alkanes) is 6. The maximum atomic E-state index is 4.66. The minimum atomic E-state index is 1.12. The number of nitrogens with zero attached hydrogens (tertiary/aromatic N) is 1. The fraction of sp³-hybridized carbons (Fsp3) is 0.571. The van der Waals surface area contributed by atoms with Gasteiger partial charge in [-0.3, -0.25) is 4.98 Å². The van der Waals surface area contributed by atoms with Gasteiger partial charge < -0.3 is 0 Å². The monoisotopic (exact) mass is 329 g/mol. The Kier molecular flexibility index (Phi) is 8.38. The Morgan fingerprint density at radius 2 is 1.52 bits per heavy atom. The zero-order valence-corrected chi connectivity index (χ0v) is 15.6. The third-order valence-electron chi connectivity index (χ3n) is 4.33. The van der Waals surface area contributed by atoms with Crippen molar-refractivity contribution in [3.05, 3.63) is 41.0 Å². The summed E-state index contributed by atoms with van der Waals surface area (Å²) in [5.74, 6) is 0. The Bertz CT molecular complexity index is 541. The van der Waals surface area contributed by atoms with Gasteiger partial charge in [0.25, 0.3) is 0 Å². The van der Waals surface area contributed by atoms with Gasteiger partial charge in [-0.2, -0.15) is 0 Å². The molecule has 0 radical (unpaired) electrons. The van der Waals surface area contributed by atoms with Gasteiger partial charge in [0.15, 0.2) is 0 Å². The Morgan fingerprint density at radius 3 is 2.26 bits per heavy atom. The molecule has 0 atom stereocenters. The van der Waals surface area contributed by atoms with Crippen LogP contribution in [0.15, 0.2) is 30.5 Å². The number of hydrogen-bond acceptors (Lipinski definition) is 2. The third kappa shape index (κ3) is 6.47. The molecule has 23 heavy (non-hydrogen) atoms. The lowest BCUT2D eigenvalue weighted by atomic mass is 10.1. The summed E-state index contributed by atoms with van der Waals surface area (Å²) in [6.07, 6.45) is 15.0. The first-order valence-corrected chi connectivity index (χ1v) is 10.2. The van der Waals surface area contributed by atoms with Gasteiger partial charge in [-0.1, -0.05) is 58.4 Å². The average Bonchev–Trinajstić information content (AvgIpc) is 3.04. The van der Waals surface area contributed by atoms with Crippen LogP contribution in [0.5, 0.6) is 0 Å². The Labute approximate surface area is 146 Å². The number of thiophene rings is 1. The van der Waals surface area contributed by atoms with Crippen LogP contribution in [0.3, 0.4) is 0 Å². The molecule has 0 aliphatic rings. The van der Waals surface area contributed by atoms with Gasteiger partial charge in [-0.05, 0) is 43.9 Å². The van der Waals surface area contributed by atoms with E-state index in [9.17, 15) is 0 Å². The number of rotatable bonds is 11. The summed E-state index contributed by atoms with van der Waals surface area (Å²) in [4.78, 5) is 7.53. The fourth-order valence-electron chi connectivity index (χ4n) is 2.84. The second-order valence-electron chi connectivity index (χ2n) is 6.43. The maximum absolute atomic E-state index is 4.66. The highest BCUT2D eigenvalue weighted by atomic mass is 32.1. The number of hydrogen-bond donors (Lipinski definition) is 0. The zero-order chi connectivity index (χ0) is 16.3. The van der Waals surface area contributed by atoms with Gasteiger partial charge in [0, 0.05) is 27.2 Å². The van der Waals surface area contributed by atoms with E-state index in [2.05, 4.69) is 49.3 Å². The van der Waals surface area contributed by atoms with Gasteiger partial charge in [0.1, 0.15) is 0 Å². The van der Waals surface area contributed by atoms with Gasteiger partial charge in [0.2, 0.25) is 0 Å². The molecule has 0 fully saturated rings. The molecule has 2 aromatic rings. The third-order valence-corrected chi connectivity index (χ3v) is 5.53. The lowest BCUT2D eigenvalue weighted by Crippen LogP contribution is -1.90. The molecule has 2 heterocycles. The molecule has 0 unspecified atom stereocenters. The van der Waals surface area contributed by atoms with Crippen molar-refractivity contribution in [2.75, 3.05) is 0 Å². The van der Waals surface area contributed by atoms with E-state index in [1.54, 1.807) is 0 Å². The highest BCUT2D eigenvalue weighted by Crippen LogP contribution is 2.28. The summed E-state index contributed by atoms with van der Waals surface area (Å²) in [6, 6.07) is 9.01. The maximum Gasteiger partial charge on any atom is 0.0404 e. The van der Waals surface area contributed by atoms with Crippen LogP contribution >= 0.6 is 11.3 Å². The lowest BCUT2D eigenvalue weighted by Gasteiger charge is -2.02. The molecule has 0 N–H and O–H groups in total. The normalized spacial score (nSPS) is 11.0. The van der Waals surface area contributed by atoms with E-state index < -0.39 is 0 Å². The SMILES string of the molecule is CCCCCCCc1ccc(-c2ccc(CCCCC)s2)cn1. The predicted molar refractivity (Wildman–Crippen MR) is 103 cm³/mol. The second-order valence-corrected chi connectivity index (χ2v) is 7.59. The molecule has 0 amide bonds. The smallest absolute Gasteiger partial charge is 0.0404 e. The summed E-state index contributed by atoms with van der Waals surface area (Å²) in [6.45, 7) is 4.52. The number of pyridine rings is 1. The molecule has 0 aromatic carbocycles. The Morgan fingerprint density at radius 1 is 0.783 bits per heavy atom. The van der Waals surface area contributed by atoms with Crippen LogP contribution in [0.25, 0.3) is 10.4 Å². The van der Waals surface area contributed by atoms with Crippen LogP contribution in [-0.2, 0) is 12.8 Å². The lowest BCUT2D eigenvalue weighted by molar-refractivity contribution is 0.628. The fourth-order valence-corrected chi connectivity index (χ4v) is 3.88. The molecule has 0 saturated carbocycles. The summed E-state index contributed by atoms with van der Waals surface area (Å²) < 4.78 is 0. The largest absolute Gasteiger partial charge is 0.261 e. The van der Waals surface area contributed by atoms with Crippen molar-refractivity contribution in [1.29, 1.82) is 0 Å². The standard InChI is InChI=1S/C21H31NS/c1-3-5-7-8-10-11-19-14-13-18(17-22-19)21-16-15-20(23-21)12-9-6-4-2/h13-17H,3-12H2,1-2H3.